The third-order valence-electron chi connectivity index (χ3n) is 2.46. The largest absolute Gasteiger partial charge is 0.444 e. The van der Waals surface area contributed by atoms with Gasteiger partial charge in [0.1, 0.15) is 11.4 Å². The molecule has 1 rings (SSSR count). The lowest BCUT2D eigenvalue weighted by atomic mass is 10.2. The molecule has 0 saturated heterocycles. The van der Waals surface area contributed by atoms with Gasteiger partial charge in [0.05, 0.1) is 11.4 Å². The number of nitrogens with one attached hydrogen (secondary N) is 2. The Kier molecular flexibility index (Phi) is 6.81. The van der Waals surface area contributed by atoms with E-state index in [2.05, 4.69) is 10.6 Å². The molecule has 6 heteroatoms. The van der Waals surface area contributed by atoms with Crippen LogP contribution in [0.3, 0.4) is 0 Å². The van der Waals surface area contributed by atoms with Gasteiger partial charge in [-0.25, -0.2) is 9.18 Å². The van der Waals surface area contributed by atoms with Gasteiger partial charge in [-0.1, -0.05) is 0 Å². The van der Waals surface area contributed by atoms with Gasteiger partial charge < -0.3 is 10.1 Å². The Morgan fingerprint density at radius 3 is 2.67 bits per heavy atom. The first kappa shape index (κ1) is 17.6. The number of hydrogen-bond donors (Lipinski definition) is 2. The van der Waals surface area contributed by atoms with Crippen LogP contribution in [0.1, 0.15) is 27.2 Å². The summed E-state index contributed by atoms with van der Waals surface area (Å²) in [6.45, 7) is 6.09. The van der Waals surface area contributed by atoms with E-state index in [1.165, 1.54) is 18.2 Å². The third kappa shape index (κ3) is 7.22. The van der Waals surface area contributed by atoms with Crippen molar-refractivity contribution >= 4 is 29.2 Å². The summed E-state index contributed by atoms with van der Waals surface area (Å²) in [4.78, 5) is 11.8. The van der Waals surface area contributed by atoms with Crippen LogP contribution in [0, 0.1) is 5.82 Å². The minimum Gasteiger partial charge on any atom is -0.444 e. The maximum Gasteiger partial charge on any atom is 0.412 e. The van der Waals surface area contributed by atoms with E-state index in [4.69, 9.17) is 4.74 Å². The Morgan fingerprint density at radius 2 is 2.05 bits per heavy atom. The fourth-order valence-corrected chi connectivity index (χ4v) is 2.06. The van der Waals surface area contributed by atoms with Gasteiger partial charge in [0.15, 0.2) is 0 Å². The van der Waals surface area contributed by atoms with Crippen LogP contribution in [0.15, 0.2) is 18.2 Å². The summed E-state index contributed by atoms with van der Waals surface area (Å²) in [6, 6.07) is 4.20. The molecule has 0 atom stereocenters. The molecule has 0 aliphatic rings. The van der Waals surface area contributed by atoms with E-state index in [0.717, 1.165) is 12.2 Å². The molecular weight excluding hydrogens is 291 g/mol. The highest BCUT2D eigenvalue weighted by atomic mass is 32.2. The molecule has 1 aromatic carbocycles. The number of ether oxygens (including phenoxy) is 1. The first-order chi connectivity index (χ1) is 9.81. The van der Waals surface area contributed by atoms with Gasteiger partial charge in [-0.05, 0) is 57.4 Å². The summed E-state index contributed by atoms with van der Waals surface area (Å²) in [5.74, 6) is 0.675. The van der Waals surface area contributed by atoms with Crippen molar-refractivity contribution in [1.29, 1.82) is 0 Å². The molecule has 0 aliphatic heterocycles. The van der Waals surface area contributed by atoms with E-state index in [1.54, 1.807) is 32.5 Å². The highest BCUT2D eigenvalue weighted by molar-refractivity contribution is 7.98. The SMILES string of the molecule is CSCCCNc1cc(F)ccc1NC(=O)OC(C)(C)C. The van der Waals surface area contributed by atoms with Crippen molar-refractivity contribution < 1.29 is 13.9 Å². The van der Waals surface area contributed by atoms with Gasteiger partial charge in [-0.3, -0.25) is 5.32 Å². The maximum atomic E-state index is 13.3. The van der Waals surface area contributed by atoms with E-state index in [-0.39, 0.29) is 5.82 Å². The molecule has 0 bridgehead atoms. The monoisotopic (exact) mass is 314 g/mol. The average molecular weight is 314 g/mol. The second-order valence-electron chi connectivity index (χ2n) is 5.59. The van der Waals surface area contributed by atoms with E-state index in [1.807, 2.05) is 6.26 Å². The number of anilines is 2. The van der Waals surface area contributed by atoms with Crippen molar-refractivity contribution in [3.8, 4) is 0 Å². The predicted octanol–water partition coefficient (Wildman–Crippen LogP) is 4.34. The Hall–Kier alpha value is -1.43. The molecule has 1 aromatic rings. The standard InChI is InChI=1S/C15H23FN2O2S/c1-15(2,3)20-14(19)18-12-7-6-11(16)10-13(12)17-8-5-9-21-4/h6-7,10,17H,5,8-9H2,1-4H3,(H,18,19). The van der Waals surface area contributed by atoms with Gasteiger partial charge in [-0.2, -0.15) is 11.8 Å². The Morgan fingerprint density at radius 1 is 1.33 bits per heavy atom. The number of rotatable bonds is 6. The van der Waals surface area contributed by atoms with Crippen LogP contribution >= 0.6 is 11.8 Å². The molecule has 0 fully saturated rings. The van der Waals surface area contributed by atoms with Crippen molar-refractivity contribution in [2.75, 3.05) is 29.2 Å². The van der Waals surface area contributed by atoms with Gasteiger partial charge in [0, 0.05) is 6.54 Å². The average Bonchev–Trinajstić information content (AvgIpc) is 2.35. The Labute approximate surface area is 129 Å². The second-order valence-corrected chi connectivity index (χ2v) is 6.58. The number of carbonyl (C=O) groups excluding carboxylic acids is 1. The number of hydrogen-bond acceptors (Lipinski definition) is 4. The van der Waals surface area contributed by atoms with Crippen LogP contribution in [0.25, 0.3) is 0 Å². The number of thioether (sulfide) groups is 1. The highest BCUT2D eigenvalue weighted by Crippen LogP contribution is 2.23. The molecule has 0 aromatic heterocycles. The Bertz CT molecular complexity index is 475. The molecule has 0 saturated carbocycles. The first-order valence-electron chi connectivity index (χ1n) is 6.84. The summed E-state index contributed by atoms with van der Waals surface area (Å²) in [5, 5.41) is 5.77. The predicted molar refractivity (Wildman–Crippen MR) is 87.7 cm³/mol. The first-order valence-corrected chi connectivity index (χ1v) is 8.23. The number of benzene rings is 1. The fourth-order valence-electron chi connectivity index (χ4n) is 1.62. The molecule has 2 N–H and O–H groups in total. The molecule has 0 radical (unpaired) electrons. The quantitative estimate of drug-likeness (QED) is 0.767. The van der Waals surface area contributed by atoms with Crippen LogP contribution in [0.4, 0.5) is 20.6 Å². The van der Waals surface area contributed by atoms with E-state index in [9.17, 15) is 9.18 Å². The highest BCUT2D eigenvalue weighted by Gasteiger charge is 2.17. The van der Waals surface area contributed by atoms with Crippen molar-refractivity contribution in [2.45, 2.75) is 32.8 Å². The van der Waals surface area contributed by atoms with Crippen LogP contribution in [0.5, 0.6) is 0 Å². The Balaban J connectivity index is 2.70. The topological polar surface area (TPSA) is 50.4 Å². The molecule has 0 unspecified atom stereocenters. The van der Waals surface area contributed by atoms with Gasteiger partial charge in [0.2, 0.25) is 0 Å². The minimum atomic E-state index is -0.573. The molecule has 118 valence electrons. The lowest BCUT2D eigenvalue weighted by Crippen LogP contribution is -2.27. The zero-order valence-electron chi connectivity index (χ0n) is 13.0. The molecule has 0 spiro atoms. The molecule has 0 heterocycles. The normalized spacial score (nSPS) is 11.1. The van der Waals surface area contributed by atoms with Crippen LogP contribution in [-0.4, -0.2) is 30.2 Å². The van der Waals surface area contributed by atoms with Crippen molar-refractivity contribution in [2.24, 2.45) is 0 Å². The summed E-state index contributed by atoms with van der Waals surface area (Å²) >= 11 is 1.76. The van der Waals surface area contributed by atoms with Crippen LogP contribution in [0.2, 0.25) is 0 Å². The number of amides is 1. The summed E-state index contributed by atoms with van der Waals surface area (Å²) in [7, 11) is 0. The molecule has 4 nitrogen and oxygen atoms in total. The molecular formula is C15H23FN2O2S. The number of halogens is 1. The summed E-state index contributed by atoms with van der Waals surface area (Å²) < 4.78 is 18.5. The zero-order valence-corrected chi connectivity index (χ0v) is 13.8. The van der Waals surface area contributed by atoms with Gasteiger partial charge >= 0.3 is 6.09 Å². The number of carbonyl (C=O) groups is 1. The molecule has 1 amide bonds. The van der Waals surface area contributed by atoms with Crippen LogP contribution in [-0.2, 0) is 4.74 Å². The lowest BCUT2D eigenvalue weighted by Gasteiger charge is -2.20. The van der Waals surface area contributed by atoms with Crippen molar-refractivity contribution in [3.05, 3.63) is 24.0 Å². The lowest BCUT2D eigenvalue weighted by molar-refractivity contribution is 0.0636. The zero-order chi connectivity index (χ0) is 15.9. The maximum absolute atomic E-state index is 13.3. The van der Waals surface area contributed by atoms with Gasteiger partial charge in [0.25, 0.3) is 0 Å². The molecule has 21 heavy (non-hydrogen) atoms. The molecule has 0 aliphatic carbocycles. The fraction of sp³-hybridized carbons (Fsp3) is 0.533. The van der Waals surface area contributed by atoms with Crippen LogP contribution < -0.4 is 10.6 Å². The van der Waals surface area contributed by atoms with Crippen molar-refractivity contribution in [1.82, 2.24) is 0 Å². The van der Waals surface area contributed by atoms with Gasteiger partial charge in [-0.15, -0.1) is 0 Å². The summed E-state index contributed by atoms with van der Waals surface area (Å²) in [5.41, 5.74) is 0.493. The van der Waals surface area contributed by atoms with Crippen molar-refractivity contribution in [3.63, 3.8) is 0 Å². The minimum absolute atomic E-state index is 0.350. The summed E-state index contributed by atoms with van der Waals surface area (Å²) in [6.07, 6.45) is 2.45. The smallest absolute Gasteiger partial charge is 0.412 e. The third-order valence-corrected chi connectivity index (χ3v) is 3.15. The van der Waals surface area contributed by atoms with E-state index in [0.29, 0.717) is 17.9 Å². The van der Waals surface area contributed by atoms with E-state index < -0.39 is 11.7 Å². The van der Waals surface area contributed by atoms with E-state index >= 15 is 0 Å². The second kappa shape index (κ2) is 8.12.